The Bertz CT molecular complexity index is 351. The highest BCUT2D eigenvalue weighted by Gasteiger charge is 2.25. The molecule has 0 spiro atoms. The lowest BCUT2D eigenvalue weighted by Crippen LogP contribution is -2.40. The second-order valence-corrected chi connectivity index (χ2v) is 4.17. The normalized spacial score (nSPS) is 23.9. The highest BCUT2D eigenvalue weighted by atomic mass is 16.5. The number of nitrogens with one attached hydrogen (secondary N) is 1. The van der Waals surface area contributed by atoms with Gasteiger partial charge in [0.15, 0.2) is 0 Å². The smallest absolute Gasteiger partial charge is 0.143 e. The Morgan fingerprint density at radius 1 is 1.47 bits per heavy atom. The zero-order valence-corrected chi connectivity index (χ0v) is 9.29. The van der Waals surface area contributed by atoms with Crippen LogP contribution in [0.2, 0.25) is 0 Å². The highest BCUT2D eigenvalue weighted by Crippen LogP contribution is 2.32. The molecule has 0 saturated carbocycles. The third-order valence-corrected chi connectivity index (χ3v) is 2.81. The van der Waals surface area contributed by atoms with E-state index in [2.05, 4.69) is 37.4 Å². The van der Waals surface area contributed by atoms with Gasteiger partial charge >= 0.3 is 0 Å². The fourth-order valence-corrected chi connectivity index (χ4v) is 1.92. The second kappa shape index (κ2) is 4.11. The summed E-state index contributed by atoms with van der Waals surface area (Å²) in [5.74, 6) is 0.951. The summed E-state index contributed by atoms with van der Waals surface area (Å²) in [6.07, 6.45) is 1.07. The van der Waals surface area contributed by atoms with Crippen molar-refractivity contribution < 1.29 is 4.74 Å². The number of benzene rings is 1. The summed E-state index contributed by atoms with van der Waals surface area (Å²) in [5.41, 5.74) is 7.87. The molecule has 15 heavy (non-hydrogen) atoms. The van der Waals surface area contributed by atoms with Crippen LogP contribution in [0.1, 0.15) is 18.9 Å². The van der Waals surface area contributed by atoms with Gasteiger partial charge in [-0.25, -0.2) is 0 Å². The number of nitrogens with two attached hydrogens (primary N) is 1. The molecule has 1 aliphatic heterocycles. The SMILES string of the molecule is Cc1ccc2c(c1)OC(CCN)C(C)N2. The summed E-state index contributed by atoms with van der Waals surface area (Å²) >= 11 is 0. The van der Waals surface area contributed by atoms with Gasteiger partial charge in [0, 0.05) is 0 Å². The number of anilines is 1. The van der Waals surface area contributed by atoms with Gasteiger partial charge in [-0.2, -0.15) is 0 Å². The number of hydrogen-bond donors (Lipinski definition) is 2. The molecular formula is C12H18N2O. The molecule has 3 N–H and O–H groups in total. The summed E-state index contributed by atoms with van der Waals surface area (Å²) in [5, 5.41) is 3.44. The van der Waals surface area contributed by atoms with Gasteiger partial charge in [-0.05, 0) is 44.5 Å². The zero-order chi connectivity index (χ0) is 10.8. The maximum atomic E-state index is 5.92. The molecule has 2 unspecified atom stereocenters. The van der Waals surface area contributed by atoms with E-state index in [-0.39, 0.29) is 6.10 Å². The average Bonchev–Trinajstić information content (AvgIpc) is 2.20. The van der Waals surface area contributed by atoms with Crippen molar-refractivity contribution in [3.63, 3.8) is 0 Å². The minimum Gasteiger partial charge on any atom is -0.486 e. The quantitative estimate of drug-likeness (QED) is 0.777. The van der Waals surface area contributed by atoms with Crippen LogP contribution in [-0.2, 0) is 0 Å². The summed E-state index contributed by atoms with van der Waals surface area (Å²) in [7, 11) is 0. The van der Waals surface area contributed by atoms with Gasteiger partial charge in [-0.15, -0.1) is 0 Å². The van der Waals surface area contributed by atoms with Crippen molar-refractivity contribution in [2.24, 2.45) is 5.73 Å². The Labute approximate surface area is 90.6 Å². The molecule has 1 aliphatic rings. The maximum absolute atomic E-state index is 5.92. The lowest BCUT2D eigenvalue weighted by Gasteiger charge is -2.33. The third-order valence-electron chi connectivity index (χ3n) is 2.81. The number of fused-ring (bicyclic) bond motifs is 1. The molecule has 0 amide bonds. The summed E-state index contributed by atoms with van der Waals surface area (Å²) in [4.78, 5) is 0. The Hall–Kier alpha value is -1.22. The van der Waals surface area contributed by atoms with Gasteiger partial charge in [-0.1, -0.05) is 6.07 Å². The lowest BCUT2D eigenvalue weighted by molar-refractivity contribution is 0.167. The van der Waals surface area contributed by atoms with Gasteiger partial charge in [0.05, 0.1) is 11.7 Å². The van der Waals surface area contributed by atoms with E-state index in [9.17, 15) is 0 Å². The molecule has 0 fully saturated rings. The molecule has 82 valence electrons. The molecule has 0 aliphatic carbocycles. The molecule has 1 aromatic rings. The van der Waals surface area contributed by atoms with Crippen LogP contribution in [0.3, 0.4) is 0 Å². The number of rotatable bonds is 2. The highest BCUT2D eigenvalue weighted by molar-refractivity contribution is 5.59. The number of hydrogen-bond acceptors (Lipinski definition) is 3. The predicted molar refractivity (Wildman–Crippen MR) is 62.4 cm³/mol. The van der Waals surface area contributed by atoms with Crippen LogP contribution in [0.25, 0.3) is 0 Å². The topological polar surface area (TPSA) is 47.3 Å². The van der Waals surface area contributed by atoms with Crippen LogP contribution in [-0.4, -0.2) is 18.7 Å². The Balaban J connectivity index is 2.22. The molecule has 3 heteroatoms. The van der Waals surface area contributed by atoms with Crippen molar-refractivity contribution >= 4 is 5.69 Å². The average molecular weight is 206 g/mol. The van der Waals surface area contributed by atoms with Crippen LogP contribution in [0.5, 0.6) is 5.75 Å². The lowest BCUT2D eigenvalue weighted by atomic mass is 10.1. The van der Waals surface area contributed by atoms with Crippen LogP contribution >= 0.6 is 0 Å². The van der Waals surface area contributed by atoms with Crippen molar-refractivity contribution in [2.45, 2.75) is 32.4 Å². The first-order chi connectivity index (χ1) is 7.20. The maximum Gasteiger partial charge on any atom is 0.143 e. The monoisotopic (exact) mass is 206 g/mol. The molecular weight excluding hydrogens is 188 g/mol. The van der Waals surface area contributed by atoms with E-state index < -0.39 is 0 Å². The predicted octanol–water partition coefficient (Wildman–Crippen LogP) is 1.91. The first kappa shape index (κ1) is 10.3. The van der Waals surface area contributed by atoms with Crippen molar-refractivity contribution in [2.75, 3.05) is 11.9 Å². The fourth-order valence-electron chi connectivity index (χ4n) is 1.92. The van der Waals surface area contributed by atoms with Gasteiger partial charge in [-0.3, -0.25) is 0 Å². The fraction of sp³-hybridized carbons (Fsp3) is 0.500. The van der Waals surface area contributed by atoms with Crippen LogP contribution in [0.15, 0.2) is 18.2 Å². The second-order valence-electron chi connectivity index (χ2n) is 4.17. The van der Waals surface area contributed by atoms with Crippen molar-refractivity contribution in [1.82, 2.24) is 0 Å². The summed E-state index contributed by atoms with van der Waals surface area (Å²) in [6, 6.07) is 6.55. The van der Waals surface area contributed by atoms with Gasteiger partial charge in [0.2, 0.25) is 0 Å². The molecule has 0 saturated heterocycles. The van der Waals surface area contributed by atoms with E-state index in [0.717, 1.165) is 17.9 Å². The molecule has 0 radical (unpaired) electrons. The summed E-state index contributed by atoms with van der Waals surface area (Å²) < 4.78 is 5.92. The van der Waals surface area contributed by atoms with Crippen LogP contribution in [0.4, 0.5) is 5.69 Å². The van der Waals surface area contributed by atoms with Gasteiger partial charge in [0.25, 0.3) is 0 Å². The van der Waals surface area contributed by atoms with Crippen LogP contribution < -0.4 is 15.8 Å². The third kappa shape index (κ3) is 2.07. The molecule has 1 heterocycles. The first-order valence-electron chi connectivity index (χ1n) is 5.44. The Morgan fingerprint density at radius 3 is 3.00 bits per heavy atom. The molecule has 2 atom stereocenters. The summed E-state index contributed by atoms with van der Waals surface area (Å²) in [6.45, 7) is 4.86. The number of ether oxygens (including phenoxy) is 1. The standard InChI is InChI=1S/C12H18N2O/c1-8-3-4-10-12(7-8)15-11(5-6-13)9(2)14-10/h3-4,7,9,11,14H,5-6,13H2,1-2H3. The van der Waals surface area contributed by atoms with E-state index in [0.29, 0.717) is 12.6 Å². The Kier molecular flexibility index (Phi) is 2.82. The zero-order valence-electron chi connectivity index (χ0n) is 9.29. The van der Waals surface area contributed by atoms with Crippen molar-refractivity contribution in [1.29, 1.82) is 0 Å². The number of aryl methyl sites for hydroxylation is 1. The first-order valence-corrected chi connectivity index (χ1v) is 5.44. The molecule has 1 aromatic carbocycles. The van der Waals surface area contributed by atoms with E-state index >= 15 is 0 Å². The largest absolute Gasteiger partial charge is 0.486 e. The molecule has 0 bridgehead atoms. The molecule has 0 aromatic heterocycles. The van der Waals surface area contributed by atoms with E-state index in [4.69, 9.17) is 10.5 Å². The minimum absolute atomic E-state index is 0.185. The minimum atomic E-state index is 0.185. The Morgan fingerprint density at radius 2 is 2.27 bits per heavy atom. The van der Waals surface area contributed by atoms with E-state index in [1.165, 1.54) is 5.56 Å². The van der Waals surface area contributed by atoms with Gasteiger partial charge in [0.1, 0.15) is 11.9 Å². The van der Waals surface area contributed by atoms with Crippen molar-refractivity contribution in [3.8, 4) is 5.75 Å². The van der Waals surface area contributed by atoms with Crippen molar-refractivity contribution in [3.05, 3.63) is 23.8 Å². The molecule has 2 rings (SSSR count). The molecule has 3 nitrogen and oxygen atoms in total. The van der Waals surface area contributed by atoms with Crippen LogP contribution in [0, 0.1) is 6.92 Å². The van der Waals surface area contributed by atoms with E-state index in [1.807, 2.05) is 0 Å². The van der Waals surface area contributed by atoms with Gasteiger partial charge < -0.3 is 15.8 Å². The van der Waals surface area contributed by atoms with E-state index in [1.54, 1.807) is 0 Å².